The molecule has 0 saturated heterocycles. The second-order valence-corrected chi connectivity index (χ2v) is 11.9. The molecule has 1 aromatic heterocycles. The first-order valence-electron chi connectivity index (χ1n) is 14.4. The third-order valence-electron chi connectivity index (χ3n) is 8.14. The van der Waals surface area contributed by atoms with Crippen molar-refractivity contribution in [3.8, 4) is 16.8 Å². The molecule has 0 spiro atoms. The predicted molar refractivity (Wildman–Crippen MR) is 166 cm³/mol. The molecule has 1 fully saturated rings. The zero-order valence-electron chi connectivity index (χ0n) is 23.7. The molecular formula is C33H34BrN3O5. The number of carboxylic acids is 2. The molecule has 9 heteroatoms. The van der Waals surface area contributed by atoms with Gasteiger partial charge >= 0.3 is 11.9 Å². The Bertz CT molecular complexity index is 1680. The molecule has 1 saturated carbocycles. The summed E-state index contributed by atoms with van der Waals surface area (Å²) in [5.74, 6) is -2.49. The Morgan fingerprint density at radius 3 is 2.40 bits per heavy atom. The van der Waals surface area contributed by atoms with Crippen molar-refractivity contribution in [1.29, 1.82) is 0 Å². The number of aryl methyl sites for hydroxylation is 2. The van der Waals surface area contributed by atoms with Crippen molar-refractivity contribution in [3.05, 3.63) is 76.0 Å². The molecule has 42 heavy (non-hydrogen) atoms. The third kappa shape index (κ3) is 5.97. The van der Waals surface area contributed by atoms with Gasteiger partial charge in [0.15, 0.2) is 0 Å². The SMILES string of the molecule is CCCCc1nc2ccc(NC(=O)C3CCCCC3C(=O)O)cc2n1-c1ccc(-c2ccc(Br)cc2C(=O)O)c(C)c1. The predicted octanol–water partition coefficient (Wildman–Crippen LogP) is 7.63. The van der Waals surface area contributed by atoms with Gasteiger partial charge in [0.1, 0.15) is 5.82 Å². The van der Waals surface area contributed by atoms with Crippen LogP contribution in [-0.2, 0) is 16.0 Å². The van der Waals surface area contributed by atoms with Gasteiger partial charge in [0, 0.05) is 22.3 Å². The van der Waals surface area contributed by atoms with Crippen LogP contribution in [0.15, 0.2) is 59.1 Å². The summed E-state index contributed by atoms with van der Waals surface area (Å²) in [5, 5.41) is 22.4. The van der Waals surface area contributed by atoms with Crippen molar-refractivity contribution < 1.29 is 24.6 Å². The average Bonchev–Trinajstić information content (AvgIpc) is 3.33. The van der Waals surface area contributed by atoms with Gasteiger partial charge in [-0.2, -0.15) is 0 Å². The van der Waals surface area contributed by atoms with Crippen molar-refractivity contribution >= 4 is 50.5 Å². The Hall–Kier alpha value is -3.98. The van der Waals surface area contributed by atoms with Crippen molar-refractivity contribution in [1.82, 2.24) is 9.55 Å². The number of nitrogens with zero attached hydrogens (tertiary/aromatic N) is 2. The molecule has 2 unspecified atom stereocenters. The van der Waals surface area contributed by atoms with Crippen LogP contribution in [0.2, 0.25) is 0 Å². The summed E-state index contributed by atoms with van der Waals surface area (Å²) in [5.41, 5.74) is 5.73. The molecule has 0 bridgehead atoms. The molecule has 1 heterocycles. The minimum absolute atomic E-state index is 0.223. The summed E-state index contributed by atoms with van der Waals surface area (Å²) in [6.07, 6.45) is 5.49. The largest absolute Gasteiger partial charge is 0.481 e. The van der Waals surface area contributed by atoms with Crippen LogP contribution >= 0.6 is 15.9 Å². The van der Waals surface area contributed by atoms with Crippen LogP contribution in [0.3, 0.4) is 0 Å². The van der Waals surface area contributed by atoms with Crippen LogP contribution < -0.4 is 5.32 Å². The molecule has 3 N–H and O–H groups in total. The Labute approximate surface area is 252 Å². The number of rotatable bonds is 9. The van der Waals surface area contributed by atoms with Gasteiger partial charge in [0.25, 0.3) is 0 Å². The first kappa shape index (κ1) is 29.5. The molecule has 8 nitrogen and oxygen atoms in total. The van der Waals surface area contributed by atoms with E-state index in [0.717, 1.165) is 65.8 Å². The molecule has 218 valence electrons. The minimum Gasteiger partial charge on any atom is -0.481 e. The lowest BCUT2D eigenvalue weighted by atomic mass is 9.78. The standard InChI is InChI=1S/C33H34BrN3O5/c1-3-4-9-30-36-28-15-11-21(35-31(38)25-7-5-6-8-26(25)32(39)40)18-29(28)37(30)22-12-14-23(19(2)16-22)24-13-10-20(34)17-27(24)33(41)42/h10-18,25-26H,3-9H2,1-2H3,(H,35,38)(H,39,40)(H,41,42). The van der Waals surface area contributed by atoms with Crippen LogP contribution in [0.5, 0.6) is 0 Å². The topological polar surface area (TPSA) is 122 Å². The van der Waals surface area contributed by atoms with E-state index in [0.29, 0.717) is 28.6 Å². The number of aromatic nitrogens is 2. The average molecular weight is 633 g/mol. The van der Waals surface area contributed by atoms with E-state index in [4.69, 9.17) is 4.98 Å². The maximum absolute atomic E-state index is 13.2. The Kier molecular flexibility index (Phi) is 8.77. The van der Waals surface area contributed by atoms with E-state index < -0.39 is 23.8 Å². The van der Waals surface area contributed by atoms with Crippen molar-refractivity contribution in [3.63, 3.8) is 0 Å². The number of aromatic carboxylic acids is 1. The van der Waals surface area contributed by atoms with E-state index in [9.17, 15) is 24.6 Å². The van der Waals surface area contributed by atoms with E-state index in [2.05, 4.69) is 32.7 Å². The number of nitrogens with one attached hydrogen (secondary N) is 1. The highest BCUT2D eigenvalue weighted by molar-refractivity contribution is 9.10. The van der Waals surface area contributed by atoms with E-state index in [1.807, 2.05) is 55.5 Å². The van der Waals surface area contributed by atoms with Gasteiger partial charge in [-0.1, -0.05) is 54.2 Å². The molecule has 5 rings (SSSR count). The van der Waals surface area contributed by atoms with E-state index >= 15 is 0 Å². The number of amides is 1. The lowest BCUT2D eigenvalue weighted by Crippen LogP contribution is -2.36. The first-order chi connectivity index (χ1) is 20.2. The van der Waals surface area contributed by atoms with Gasteiger partial charge < -0.3 is 15.5 Å². The van der Waals surface area contributed by atoms with Gasteiger partial charge in [-0.05, 0) is 85.3 Å². The van der Waals surface area contributed by atoms with Crippen molar-refractivity contribution in [2.24, 2.45) is 11.8 Å². The number of fused-ring (bicyclic) bond motifs is 1. The summed E-state index contributed by atoms with van der Waals surface area (Å²) >= 11 is 3.37. The fourth-order valence-corrected chi connectivity index (χ4v) is 6.35. The first-order valence-corrected chi connectivity index (χ1v) is 15.2. The van der Waals surface area contributed by atoms with E-state index in [1.54, 1.807) is 6.07 Å². The number of carbonyl (C=O) groups is 3. The normalized spacial score (nSPS) is 16.8. The highest BCUT2D eigenvalue weighted by Gasteiger charge is 2.35. The molecule has 0 radical (unpaired) electrons. The maximum Gasteiger partial charge on any atom is 0.336 e. The Morgan fingerprint density at radius 1 is 0.976 bits per heavy atom. The van der Waals surface area contributed by atoms with Crippen LogP contribution in [0.1, 0.15) is 67.2 Å². The van der Waals surface area contributed by atoms with E-state index in [-0.39, 0.29) is 11.5 Å². The quantitative estimate of drug-likeness (QED) is 0.174. The number of carbonyl (C=O) groups excluding carboxylic acids is 1. The number of halogens is 1. The highest BCUT2D eigenvalue weighted by Crippen LogP contribution is 2.34. The number of unbranched alkanes of at least 4 members (excludes halogenated alkanes) is 1. The van der Waals surface area contributed by atoms with Gasteiger partial charge in [-0.25, -0.2) is 9.78 Å². The summed E-state index contributed by atoms with van der Waals surface area (Å²) in [6.45, 7) is 4.10. The van der Waals surface area contributed by atoms with Gasteiger partial charge in [-0.15, -0.1) is 0 Å². The van der Waals surface area contributed by atoms with Crippen LogP contribution in [0, 0.1) is 18.8 Å². The summed E-state index contributed by atoms with van der Waals surface area (Å²) < 4.78 is 2.80. The number of benzene rings is 3. The van der Waals surface area contributed by atoms with Gasteiger partial charge in [0.2, 0.25) is 5.91 Å². The minimum atomic E-state index is -0.991. The van der Waals surface area contributed by atoms with Crippen LogP contribution in [-0.4, -0.2) is 37.6 Å². The summed E-state index contributed by atoms with van der Waals surface area (Å²) in [6, 6.07) is 16.8. The zero-order chi connectivity index (χ0) is 30.0. The fraction of sp³-hybridized carbons (Fsp3) is 0.333. The van der Waals surface area contributed by atoms with Gasteiger partial charge in [-0.3, -0.25) is 14.2 Å². The molecule has 2 atom stereocenters. The van der Waals surface area contributed by atoms with Crippen molar-refractivity contribution in [2.45, 2.75) is 58.8 Å². The smallest absolute Gasteiger partial charge is 0.336 e. The molecule has 4 aromatic rings. The van der Waals surface area contributed by atoms with Crippen molar-refractivity contribution in [2.75, 3.05) is 5.32 Å². The highest BCUT2D eigenvalue weighted by atomic mass is 79.9. The molecular weight excluding hydrogens is 598 g/mol. The van der Waals surface area contributed by atoms with Crippen LogP contribution in [0.25, 0.3) is 27.8 Å². The molecule has 1 aliphatic rings. The Balaban J connectivity index is 1.54. The lowest BCUT2D eigenvalue weighted by molar-refractivity contribution is -0.147. The number of hydrogen-bond donors (Lipinski definition) is 3. The van der Waals surface area contributed by atoms with E-state index in [1.165, 1.54) is 0 Å². The zero-order valence-corrected chi connectivity index (χ0v) is 25.3. The third-order valence-corrected chi connectivity index (χ3v) is 8.63. The Morgan fingerprint density at radius 2 is 1.71 bits per heavy atom. The summed E-state index contributed by atoms with van der Waals surface area (Å²) in [7, 11) is 0. The number of hydrogen-bond acceptors (Lipinski definition) is 4. The fourth-order valence-electron chi connectivity index (χ4n) is 5.99. The molecule has 1 aliphatic carbocycles. The number of carboxylic acid groups (broad SMARTS) is 2. The van der Waals surface area contributed by atoms with Gasteiger partial charge in [0.05, 0.1) is 28.4 Å². The maximum atomic E-state index is 13.2. The molecule has 0 aliphatic heterocycles. The number of anilines is 1. The molecule has 3 aromatic carbocycles. The second kappa shape index (κ2) is 12.5. The second-order valence-electron chi connectivity index (χ2n) is 11.0. The lowest BCUT2D eigenvalue weighted by Gasteiger charge is -2.27. The molecule has 1 amide bonds. The monoisotopic (exact) mass is 631 g/mol. The number of imidazole rings is 1. The number of aliphatic carboxylic acids is 1. The summed E-state index contributed by atoms with van der Waals surface area (Å²) in [4.78, 5) is 41.9. The van der Waals surface area contributed by atoms with Crippen LogP contribution in [0.4, 0.5) is 5.69 Å².